The van der Waals surface area contributed by atoms with E-state index in [0.29, 0.717) is 29.6 Å². The van der Waals surface area contributed by atoms with Crippen molar-refractivity contribution in [2.75, 3.05) is 13.1 Å². The Morgan fingerprint density at radius 3 is 2.89 bits per heavy atom. The smallest absolute Gasteiger partial charge is 0.228 e. The van der Waals surface area contributed by atoms with E-state index in [1.807, 2.05) is 11.8 Å². The first-order chi connectivity index (χ1) is 9.13. The maximum absolute atomic E-state index is 12.3. The van der Waals surface area contributed by atoms with E-state index >= 15 is 0 Å². The van der Waals surface area contributed by atoms with E-state index in [2.05, 4.69) is 27.9 Å². The molecule has 5 heteroatoms. The number of likely N-dealkylation sites (tertiary alicyclic amines) is 1. The zero-order valence-corrected chi connectivity index (χ0v) is 11.4. The van der Waals surface area contributed by atoms with Crippen molar-refractivity contribution in [3.63, 3.8) is 0 Å². The Kier molecular flexibility index (Phi) is 3.12. The number of rotatable bonds is 2. The molecular weight excluding hydrogens is 242 g/mol. The summed E-state index contributed by atoms with van der Waals surface area (Å²) in [7, 11) is 0. The van der Waals surface area contributed by atoms with Gasteiger partial charge < -0.3 is 4.90 Å². The molecule has 1 aromatic rings. The summed E-state index contributed by atoms with van der Waals surface area (Å²) in [5, 5.41) is 7.50. The van der Waals surface area contributed by atoms with Gasteiger partial charge in [0.25, 0.3) is 0 Å². The van der Waals surface area contributed by atoms with E-state index in [-0.39, 0.29) is 5.91 Å². The molecule has 3 rings (SSSR count). The van der Waals surface area contributed by atoms with Crippen LogP contribution in [0.5, 0.6) is 0 Å². The van der Waals surface area contributed by atoms with Gasteiger partial charge in [-0.05, 0) is 38.5 Å². The van der Waals surface area contributed by atoms with Crippen molar-refractivity contribution >= 4 is 5.91 Å². The van der Waals surface area contributed by atoms with Crippen LogP contribution >= 0.6 is 0 Å². The molecular formula is C14H19N3O2. The van der Waals surface area contributed by atoms with Gasteiger partial charge in [0.1, 0.15) is 11.4 Å². The Morgan fingerprint density at radius 2 is 2.16 bits per heavy atom. The van der Waals surface area contributed by atoms with Gasteiger partial charge in [0.05, 0.1) is 6.42 Å². The lowest BCUT2D eigenvalue weighted by Gasteiger charge is -2.21. The van der Waals surface area contributed by atoms with Gasteiger partial charge in [0.2, 0.25) is 5.91 Å². The van der Waals surface area contributed by atoms with E-state index in [0.717, 1.165) is 25.9 Å². The summed E-state index contributed by atoms with van der Waals surface area (Å²) in [5.74, 6) is 1.43. The highest BCUT2D eigenvalue weighted by Crippen LogP contribution is 2.35. The third-order valence-corrected chi connectivity index (χ3v) is 4.35. The molecule has 0 aromatic carbocycles. The average molecular weight is 261 g/mol. The number of aromatic nitrogens is 2. The van der Waals surface area contributed by atoms with Crippen molar-refractivity contribution in [3.8, 4) is 0 Å². The van der Waals surface area contributed by atoms with Crippen molar-refractivity contribution in [1.29, 1.82) is 0 Å². The molecule has 1 saturated heterocycles. The van der Waals surface area contributed by atoms with Crippen LogP contribution in [0.25, 0.3) is 0 Å². The van der Waals surface area contributed by atoms with E-state index in [1.54, 1.807) is 0 Å². The monoisotopic (exact) mass is 261 g/mol. The van der Waals surface area contributed by atoms with Crippen LogP contribution in [0, 0.1) is 18.8 Å². The molecule has 2 heterocycles. The van der Waals surface area contributed by atoms with Gasteiger partial charge in [-0.2, -0.15) is 0 Å². The molecule has 0 spiro atoms. The van der Waals surface area contributed by atoms with Crippen LogP contribution in [0.2, 0.25) is 0 Å². The lowest BCUT2D eigenvalue weighted by atomic mass is 9.83. The van der Waals surface area contributed by atoms with Gasteiger partial charge in [-0.1, -0.05) is 22.0 Å². The summed E-state index contributed by atoms with van der Waals surface area (Å²) < 4.78 is 4.64. The summed E-state index contributed by atoms with van der Waals surface area (Å²) in [4.78, 5) is 14.3. The Morgan fingerprint density at radius 1 is 1.37 bits per heavy atom. The fraction of sp³-hybridized carbons (Fsp3) is 0.643. The number of nitrogens with zero attached hydrogens (tertiary/aromatic N) is 3. The normalized spacial score (nSPS) is 26.2. The number of carbonyl (C=O) groups excluding carboxylic acids is 1. The number of amides is 1. The number of hydrogen-bond acceptors (Lipinski definition) is 4. The minimum Gasteiger partial charge on any atom is -0.342 e. The Balaban J connectivity index is 1.63. The Hall–Kier alpha value is -1.65. The minimum atomic E-state index is 0.144. The number of fused-ring (bicyclic) bond motifs is 1. The van der Waals surface area contributed by atoms with Crippen molar-refractivity contribution in [2.24, 2.45) is 11.8 Å². The highest BCUT2D eigenvalue weighted by atomic mass is 16.6. The molecule has 0 radical (unpaired) electrons. The Labute approximate surface area is 112 Å². The molecule has 0 N–H and O–H groups in total. The lowest BCUT2D eigenvalue weighted by Crippen LogP contribution is -2.30. The molecule has 2 aliphatic rings. The van der Waals surface area contributed by atoms with Crippen LogP contribution in [0.4, 0.5) is 0 Å². The second-order valence-electron chi connectivity index (χ2n) is 5.78. The standard InChI is InChI=1S/C14H19N3O2/c1-9-3-4-11-7-17(8-12(11)5-9)14(18)6-13-10(2)15-19-16-13/h3,11-12H,4-8H2,1-2H3. The third kappa shape index (κ3) is 2.41. The predicted octanol–water partition coefficient (Wildman–Crippen LogP) is 1.74. The fourth-order valence-corrected chi connectivity index (χ4v) is 3.16. The van der Waals surface area contributed by atoms with Crippen molar-refractivity contribution in [2.45, 2.75) is 33.1 Å². The first-order valence-corrected chi connectivity index (χ1v) is 6.85. The van der Waals surface area contributed by atoms with Gasteiger partial charge in [-0.15, -0.1) is 0 Å². The van der Waals surface area contributed by atoms with Crippen molar-refractivity contribution in [3.05, 3.63) is 23.0 Å². The van der Waals surface area contributed by atoms with Crippen molar-refractivity contribution in [1.82, 2.24) is 15.2 Å². The number of allylic oxidation sites excluding steroid dienone is 2. The third-order valence-electron chi connectivity index (χ3n) is 4.35. The van der Waals surface area contributed by atoms with Gasteiger partial charge in [-0.3, -0.25) is 4.79 Å². The number of aryl methyl sites for hydroxylation is 1. The summed E-state index contributed by atoms with van der Waals surface area (Å²) in [6.45, 7) is 5.78. The molecule has 1 amide bonds. The molecule has 2 unspecified atom stereocenters. The molecule has 1 aliphatic carbocycles. The van der Waals surface area contributed by atoms with Gasteiger partial charge in [0, 0.05) is 13.1 Å². The second-order valence-corrected chi connectivity index (χ2v) is 5.78. The number of hydrogen-bond donors (Lipinski definition) is 0. The summed E-state index contributed by atoms with van der Waals surface area (Å²) >= 11 is 0. The van der Waals surface area contributed by atoms with Crippen LogP contribution in [0.3, 0.4) is 0 Å². The summed E-state index contributed by atoms with van der Waals surface area (Å²) in [6.07, 6.45) is 4.88. The van der Waals surface area contributed by atoms with Crippen LogP contribution in [0.15, 0.2) is 16.3 Å². The first-order valence-electron chi connectivity index (χ1n) is 6.85. The van der Waals surface area contributed by atoms with E-state index < -0.39 is 0 Å². The van der Waals surface area contributed by atoms with Crippen LogP contribution in [-0.4, -0.2) is 34.2 Å². The van der Waals surface area contributed by atoms with E-state index in [4.69, 9.17) is 0 Å². The van der Waals surface area contributed by atoms with Gasteiger partial charge in [0.15, 0.2) is 0 Å². The Bertz CT molecular complexity index is 521. The van der Waals surface area contributed by atoms with Crippen LogP contribution < -0.4 is 0 Å². The topological polar surface area (TPSA) is 59.2 Å². The SMILES string of the molecule is CC1=CCC2CN(C(=O)Cc3nonc3C)CC2C1. The van der Waals surface area contributed by atoms with Crippen LogP contribution in [-0.2, 0) is 11.2 Å². The summed E-state index contributed by atoms with van der Waals surface area (Å²) in [6, 6.07) is 0. The maximum atomic E-state index is 12.3. The summed E-state index contributed by atoms with van der Waals surface area (Å²) in [5.41, 5.74) is 2.84. The van der Waals surface area contributed by atoms with Crippen LogP contribution in [0.1, 0.15) is 31.2 Å². The molecule has 2 atom stereocenters. The lowest BCUT2D eigenvalue weighted by molar-refractivity contribution is -0.129. The fourth-order valence-electron chi connectivity index (χ4n) is 3.16. The van der Waals surface area contributed by atoms with Crippen molar-refractivity contribution < 1.29 is 9.42 Å². The predicted molar refractivity (Wildman–Crippen MR) is 69.3 cm³/mol. The highest BCUT2D eigenvalue weighted by molar-refractivity contribution is 5.78. The average Bonchev–Trinajstić information content (AvgIpc) is 2.96. The number of carbonyl (C=O) groups is 1. The second kappa shape index (κ2) is 4.79. The van der Waals surface area contributed by atoms with Gasteiger partial charge >= 0.3 is 0 Å². The highest BCUT2D eigenvalue weighted by Gasteiger charge is 2.36. The molecule has 1 fully saturated rings. The maximum Gasteiger partial charge on any atom is 0.228 e. The molecule has 0 saturated carbocycles. The molecule has 0 bridgehead atoms. The molecule has 1 aliphatic heterocycles. The zero-order valence-electron chi connectivity index (χ0n) is 11.4. The molecule has 102 valence electrons. The zero-order chi connectivity index (χ0) is 13.4. The van der Waals surface area contributed by atoms with Gasteiger partial charge in [-0.25, -0.2) is 4.63 Å². The largest absolute Gasteiger partial charge is 0.342 e. The first kappa shape index (κ1) is 12.4. The molecule has 1 aromatic heterocycles. The van der Waals surface area contributed by atoms with E-state index in [1.165, 1.54) is 5.57 Å². The minimum absolute atomic E-state index is 0.144. The quantitative estimate of drug-likeness (QED) is 0.761. The molecule has 19 heavy (non-hydrogen) atoms. The van der Waals surface area contributed by atoms with E-state index in [9.17, 15) is 4.79 Å². The molecule has 5 nitrogen and oxygen atoms in total.